The first-order valence-corrected chi connectivity index (χ1v) is 23.3. The summed E-state index contributed by atoms with van der Waals surface area (Å²) in [6.45, 7) is 18.6. The molecular weight excluding hydrogens is 765 g/mol. The van der Waals surface area contributed by atoms with E-state index in [9.17, 15) is 0 Å². The molecule has 7 aromatic rings. The highest BCUT2D eigenvalue weighted by molar-refractivity contribution is 6.10. The lowest BCUT2D eigenvalue weighted by molar-refractivity contribution is 0.209. The van der Waals surface area contributed by atoms with Crippen LogP contribution in [0.15, 0.2) is 187 Å². The Morgan fingerprint density at radius 2 is 1.38 bits per heavy atom. The van der Waals surface area contributed by atoms with Gasteiger partial charge in [-0.05, 0) is 128 Å². The van der Waals surface area contributed by atoms with E-state index in [0.717, 1.165) is 24.2 Å². The van der Waals surface area contributed by atoms with E-state index in [-0.39, 0.29) is 12.2 Å². The van der Waals surface area contributed by atoms with E-state index in [2.05, 4.69) is 224 Å². The zero-order chi connectivity index (χ0) is 44.9. The van der Waals surface area contributed by atoms with Crippen LogP contribution in [-0.4, -0.2) is 16.5 Å². The number of hydrogen-bond donors (Lipinski definition) is 2. The largest absolute Gasteiger partial charge is 0.366 e. The first-order valence-electron chi connectivity index (χ1n) is 23.3. The standard InChI is InChI=1S/C53H50N4.3C2H6/c1-5-38(26-25-37(3)44-17-9-12-20-48(44)54-42-30-23-36(2)24-31-42)41-29-34-51-47(35-41)45-18-11-14-22-50(45)57(51)43-32-27-40(28-33-43)53-55-49-21-13-10-19-46(49)52(56(53)4)39-15-7-6-8-16-39;3*1-2/h5-8,10-16,18-35,37,52-55H,9,17H2,1-4H3;3*1-2H3/b26-25-,38-5+;;;. The Bertz CT molecular complexity index is 2680. The van der Waals surface area contributed by atoms with Crippen molar-refractivity contribution in [3.63, 3.8) is 0 Å². The summed E-state index contributed by atoms with van der Waals surface area (Å²) in [4.78, 5) is 2.45. The van der Waals surface area contributed by atoms with Crippen LogP contribution >= 0.6 is 0 Å². The molecule has 324 valence electrons. The van der Waals surface area contributed by atoms with Crippen LogP contribution in [-0.2, 0) is 0 Å². The van der Waals surface area contributed by atoms with Gasteiger partial charge in [-0.2, -0.15) is 0 Å². The summed E-state index contributed by atoms with van der Waals surface area (Å²) < 4.78 is 2.41. The number of fused-ring (bicyclic) bond motifs is 4. The summed E-state index contributed by atoms with van der Waals surface area (Å²) in [7, 11) is 2.23. The van der Waals surface area contributed by atoms with Gasteiger partial charge in [0.15, 0.2) is 0 Å². The van der Waals surface area contributed by atoms with E-state index in [1.165, 1.54) is 72.2 Å². The molecule has 0 radical (unpaired) electrons. The van der Waals surface area contributed by atoms with Gasteiger partial charge in [-0.15, -0.1) is 0 Å². The van der Waals surface area contributed by atoms with Crippen LogP contribution in [0.2, 0.25) is 0 Å². The first-order chi connectivity index (χ1) is 31.0. The summed E-state index contributed by atoms with van der Waals surface area (Å²) in [5.74, 6) is 0.300. The second kappa shape index (κ2) is 22.1. The lowest BCUT2D eigenvalue weighted by Gasteiger charge is -2.42. The van der Waals surface area contributed by atoms with Crippen molar-refractivity contribution in [1.82, 2.24) is 9.47 Å². The van der Waals surface area contributed by atoms with Crippen molar-refractivity contribution >= 4 is 38.8 Å². The molecule has 3 atom stereocenters. The molecule has 6 aromatic carbocycles. The highest BCUT2D eigenvalue weighted by atomic mass is 15.3. The predicted molar refractivity (Wildman–Crippen MR) is 276 cm³/mol. The van der Waals surface area contributed by atoms with Crippen molar-refractivity contribution in [2.75, 3.05) is 17.7 Å². The van der Waals surface area contributed by atoms with Crippen molar-refractivity contribution in [1.29, 1.82) is 0 Å². The van der Waals surface area contributed by atoms with Gasteiger partial charge in [-0.1, -0.05) is 175 Å². The van der Waals surface area contributed by atoms with Crippen molar-refractivity contribution in [3.8, 4) is 5.69 Å². The van der Waals surface area contributed by atoms with Crippen LogP contribution in [0.1, 0.15) is 108 Å². The van der Waals surface area contributed by atoms with Gasteiger partial charge in [0.2, 0.25) is 0 Å². The predicted octanol–water partition coefficient (Wildman–Crippen LogP) is 16.6. The highest BCUT2D eigenvalue weighted by Crippen LogP contribution is 2.43. The third-order valence-corrected chi connectivity index (χ3v) is 11.9. The minimum atomic E-state index is 0.0248. The van der Waals surface area contributed by atoms with Crippen molar-refractivity contribution in [3.05, 3.63) is 215 Å². The fourth-order valence-electron chi connectivity index (χ4n) is 8.88. The highest BCUT2D eigenvalue weighted by Gasteiger charge is 2.33. The Labute approximate surface area is 378 Å². The minimum absolute atomic E-state index is 0.0248. The van der Waals surface area contributed by atoms with Gasteiger partial charge in [0, 0.05) is 33.5 Å². The van der Waals surface area contributed by atoms with E-state index in [0.29, 0.717) is 5.92 Å². The summed E-state index contributed by atoms with van der Waals surface area (Å²) in [6.07, 6.45) is 13.6. The third-order valence-electron chi connectivity index (χ3n) is 11.9. The summed E-state index contributed by atoms with van der Waals surface area (Å²) in [6, 6.07) is 53.3. The molecule has 2 heterocycles. The van der Waals surface area contributed by atoms with Crippen LogP contribution in [0.4, 0.5) is 11.4 Å². The Morgan fingerprint density at radius 3 is 2.11 bits per heavy atom. The molecule has 9 rings (SSSR count). The van der Waals surface area contributed by atoms with Crippen molar-refractivity contribution in [2.45, 2.75) is 87.4 Å². The number of benzene rings is 6. The second-order valence-electron chi connectivity index (χ2n) is 15.6. The van der Waals surface area contributed by atoms with E-state index in [4.69, 9.17) is 0 Å². The average Bonchev–Trinajstić information content (AvgIpc) is 3.68. The fraction of sp³-hybridized carbons (Fsp3) is 0.254. The molecule has 4 heteroatoms. The first kappa shape index (κ1) is 46.2. The number of nitrogens with zero attached hydrogens (tertiary/aromatic N) is 2. The lowest BCUT2D eigenvalue weighted by atomic mass is 9.90. The molecule has 3 unspecified atom stereocenters. The molecule has 0 amide bonds. The van der Waals surface area contributed by atoms with Gasteiger partial charge < -0.3 is 15.2 Å². The maximum Gasteiger partial charge on any atom is 0.106 e. The van der Waals surface area contributed by atoms with Crippen LogP contribution in [0.25, 0.3) is 33.1 Å². The molecule has 2 aliphatic rings. The Morgan fingerprint density at radius 1 is 0.714 bits per heavy atom. The Hall–Kier alpha value is -6.36. The number of rotatable bonds is 9. The van der Waals surface area contributed by atoms with Gasteiger partial charge in [0.05, 0.1) is 17.1 Å². The summed E-state index contributed by atoms with van der Waals surface area (Å²) >= 11 is 0. The number of hydrogen-bond acceptors (Lipinski definition) is 3. The monoisotopic (exact) mass is 833 g/mol. The van der Waals surface area contributed by atoms with Gasteiger partial charge in [0.1, 0.15) is 6.17 Å². The molecule has 0 spiro atoms. The van der Waals surface area contributed by atoms with Gasteiger partial charge >= 0.3 is 0 Å². The Balaban J connectivity index is 0.00000106. The zero-order valence-corrected chi connectivity index (χ0v) is 39.3. The van der Waals surface area contributed by atoms with Crippen molar-refractivity contribution < 1.29 is 0 Å². The SMILES string of the molecule is C/C=C(\C=C/C(C)C1=C(Nc2ccc(C)cc2)C=CCC1)c1ccc2c(c1)c1ccccc1n2-c1ccc(C2Nc3ccccc3C(c3ccccc3)N2C)cc1.CC.CC.CC. The van der Waals surface area contributed by atoms with E-state index < -0.39 is 0 Å². The summed E-state index contributed by atoms with van der Waals surface area (Å²) in [5.41, 5.74) is 16.1. The smallest absolute Gasteiger partial charge is 0.106 e. The quantitative estimate of drug-likeness (QED) is 0.142. The van der Waals surface area contributed by atoms with Crippen LogP contribution in [0.5, 0.6) is 0 Å². The molecule has 1 aromatic heterocycles. The summed E-state index contributed by atoms with van der Waals surface area (Å²) in [5, 5.41) is 10.1. The van der Waals surface area contributed by atoms with Gasteiger partial charge in [0.25, 0.3) is 0 Å². The van der Waals surface area contributed by atoms with E-state index >= 15 is 0 Å². The number of allylic oxidation sites excluding steroid dienone is 7. The second-order valence-corrected chi connectivity index (χ2v) is 15.6. The van der Waals surface area contributed by atoms with E-state index in [1.54, 1.807) is 0 Å². The molecule has 63 heavy (non-hydrogen) atoms. The molecule has 2 N–H and O–H groups in total. The maximum atomic E-state index is 3.85. The molecule has 1 aliphatic carbocycles. The molecule has 0 saturated heterocycles. The normalized spacial score (nSPS) is 16.5. The molecule has 0 bridgehead atoms. The maximum absolute atomic E-state index is 3.85. The topological polar surface area (TPSA) is 32.2 Å². The number of anilines is 2. The molecule has 0 fully saturated rings. The number of para-hydroxylation sites is 2. The van der Waals surface area contributed by atoms with Gasteiger partial charge in [-0.25, -0.2) is 0 Å². The molecule has 0 saturated carbocycles. The lowest BCUT2D eigenvalue weighted by Crippen LogP contribution is -2.38. The Kier molecular flexibility index (Phi) is 16.2. The average molecular weight is 833 g/mol. The third kappa shape index (κ3) is 9.98. The zero-order valence-electron chi connectivity index (χ0n) is 39.3. The molecular formula is C59H68N4. The molecule has 4 nitrogen and oxygen atoms in total. The van der Waals surface area contributed by atoms with Crippen LogP contribution in [0, 0.1) is 12.8 Å². The van der Waals surface area contributed by atoms with Crippen molar-refractivity contribution in [2.24, 2.45) is 5.92 Å². The van der Waals surface area contributed by atoms with Crippen LogP contribution < -0.4 is 10.6 Å². The number of aromatic nitrogens is 1. The number of nitrogens with one attached hydrogen (secondary N) is 2. The van der Waals surface area contributed by atoms with Crippen LogP contribution in [0.3, 0.4) is 0 Å². The minimum Gasteiger partial charge on any atom is -0.366 e. The van der Waals surface area contributed by atoms with E-state index in [1.807, 2.05) is 41.5 Å². The molecule has 1 aliphatic heterocycles. The van der Waals surface area contributed by atoms with Gasteiger partial charge in [-0.3, -0.25) is 4.90 Å². The number of aryl methyl sites for hydroxylation is 1. The fourth-order valence-corrected chi connectivity index (χ4v) is 8.88.